The highest BCUT2D eigenvalue weighted by molar-refractivity contribution is 7.87. The number of hydrogen-bond acceptors (Lipinski definition) is 3. The predicted octanol–water partition coefficient (Wildman–Crippen LogP) is 5.42. The molecule has 0 aliphatic carbocycles. The number of unbranched alkanes of at least 4 members (excludes halogenated alkanes) is 4. The van der Waals surface area contributed by atoms with Crippen LogP contribution in [0.4, 0.5) is 13.2 Å². The second kappa shape index (κ2) is 10.0. The third-order valence-electron chi connectivity index (χ3n) is 3.80. The zero-order valence-corrected chi connectivity index (χ0v) is 15.7. The first-order valence-electron chi connectivity index (χ1n) is 8.77. The number of halogens is 3. The first-order valence-corrected chi connectivity index (χ1v) is 10.4. The van der Waals surface area contributed by atoms with Crippen molar-refractivity contribution in [3.63, 3.8) is 0 Å². The van der Waals surface area contributed by atoms with E-state index in [2.05, 4.69) is 6.92 Å². The summed E-state index contributed by atoms with van der Waals surface area (Å²) in [6.07, 6.45) is 2.66. The normalized spacial score (nSPS) is 12.4. The molecule has 0 amide bonds. The molecule has 0 saturated carbocycles. The molecule has 0 N–H and O–H groups in total. The van der Waals surface area contributed by atoms with Crippen molar-refractivity contribution in [1.29, 1.82) is 0 Å². The van der Waals surface area contributed by atoms with E-state index in [0.717, 1.165) is 50.5 Å². The SMILES string of the molecule is CCCCCc1ccc(OS(=O)(=O)CC(F)(F)F)c(CCCCC)c1. The Hall–Kier alpha value is -1.24. The van der Waals surface area contributed by atoms with E-state index in [1.165, 1.54) is 6.07 Å². The van der Waals surface area contributed by atoms with Gasteiger partial charge in [0.05, 0.1) is 0 Å². The van der Waals surface area contributed by atoms with E-state index in [-0.39, 0.29) is 5.75 Å². The van der Waals surface area contributed by atoms with Crippen molar-refractivity contribution < 1.29 is 25.8 Å². The van der Waals surface area contributed by atoms with Crippen LogP contribution in [0.1, 0.15) is 63.5 Å². The third-order valence-corrected chi connectivity index (χ3v) is 4.92. The minimum atomic E-state index is -4.82. The Morgan fingerprint density at radius 3 is 2.12 bits per heavy atom. The molecule has 0 unspecified atom stereocenters. The van der Waals surface area contributed by atoms with Gasteiger partial charge in [0.1, 0.15) is 5.75 Å². The molecule has 0 atom stereocenters. The fourth-order valence-electron chi connectivity index (χ4n) is 2.58. The average Bonchev–Trinajstić information content (AvgIpc) is 2.47. The smallest absolute Gasteiger partial charge is 0.382 e. The van der Waals surface area contributed by atoms with Gasteiger partial charge < -0.3 is 4.18 Å². The van der Waals surface area contributed by atoms with Crippen LogP contribution in [0.2, 0.25) is 0 Å². The number of aryl methyl sites for hydroxylation is 2. The Labute approximate surface area is 148 Å². The molecule has 1 aromatic rings. The predicted molar refractivity (Wildman–Crippen MR) is 93.4 cm³/mol. The van der Waals surface area contributed by atoms with Gasteiger partial charge in [-0.3, -0.25) is 0 Å². The van der Waals surface area contributed by atoms with E-state index in [9.17, 15) is 21.6 Å². The fourth-order valence-corrected chi connectivity index (χ4v) is 3.47. The van der Waals surface area contributed by atoms with Gasteiger partial charge in [0.15, 0.2) is 5.75 Å². The molecule has 0 heterocycles. The molecule has 0 spiro atoms. The molecular formula is C18H27F3O3S. The molecule has 1 aromatic carbocycles. The van der Waals surface area contributed by atoms with Gasteiger partial charge in [-0.1, -0.05) is 51.7 Å². The van der Waals surface area contributed by atoms with Crippen LogP contribution in [0.15, 0.2) is 18.2 Å². The summed E-state index contributed by atoms with van der Waals surface area (Å²) in [7, 11) is -4.70. The maximum absolute atomic E-state index is 12.4. The molecule has 7 heteroatoms. The summed E-state index contributed by atoms with van der Waals surface area (Å²) >= 11 is 0. The second-order valence-electron chi connectivity index (χ2n) is 6.26. The summed E-state index contributed by atoms with van der Waals surface area (Å²) in [6, 6.07) is 5.08. The van der Waals surface area contributed by atoms with Crippen LogP contribution >= 0.6 is 0 Å². The lowest BCUT2D eigenvalue weighted by Gasteiger charge is -2.14. The molecule has 144 valence electrons. The lowest BCUT2D eigenvalue weighted by atomic mass is 10.0. The lowest BCUT2D eigenvalue weighted by molar-refractivity contribution is -0.107. The number of rotatable bonds is 11. The highest BCUT2D eigenvalue weighted by atomic mass is 32.2. The van der Waals surface area contributed by atoms with Crippen molar-refractivity contribution in [2.45, 2.75) is 71.4 Å². The first-order chi connectivity index (χ1) is 11.7. The van der Waals surface area contributed by atoms with Gasteiger partial charge in [0.25, 0.3) is 0 Å². The summed E-state index contributed by atoms with van der Waals surface area (Å²) < 4.78 is 65.2. The standard InChI is InChI=1S/C18H27F3O3S/c1-3-5-7-9-15-11-12-17(16(13-15)10-8-6-4-2)24-25(22,23)14-18(19,20)21/h11-13H,3-10,14H2,1-2H3. The van der Waals surface area contributed by atoms with Crippen LogP contribution in [0.3, 0.4) is 0 Å². The maximum Gasteiger partial charge on any atom is 0.406 e. The largest absolute Gasteiger partial charge is 0.406 e. The Kier molecular flexibility index (Phi) is 8.76. The zero-order chi connectivity index (χ0) is 18.9. The molecule has 1 rings (SSSR count). The Balaban J connectivity index is 2.95. The van der Waals surface area contributed by atoms with Crippen LogP contribution in [0.5, 0.6) is 5.75 Å². The van der Waals surface area contributed by atoms with E-state index >= 15 is 0 Å². The zero-order valence-electron chi connectivity index (χ0n) is 14.9. The van der Waals surface area contributed by atoms with Gasteiger partial charge in [0.2, 0.25) is 0 Å². The van der Waals surface area contributed by atoms with Crippen molar-refractivity contribution in [1.82, 2.24) is 0 Å². The van der Waals surface area contributed by atoms with Gasteiger partial charge >= 0.3 is 16.3 Å². The molecule has 0 aliphatic heterocycles. The van der Waals surface area contributed by atoms with Crippen LogP contribution in [-0.2, 0) is 23.0 Å². The number of hydrogen-bond donors (Lipinski definition) is 0. The Bertz CT molecular complexity index is 625. The molecule has 0 bridgehead atoms. The maximum atomic E-state index is 12.4. The topological polar surface area (TPSA) is 43.4 Å². The quantitative estimate of drug-likeness (QED) is 0.380. The Morgan fingerprint density at radius 2 is 1.56 bits per heavy atom. The third kappa shape index (κ3) is 9.14. The van der Waals surface area contributed by atoms with E-state index < -0.39 is 22.0 Å². The molecule has 0 radical (unpaired) electrons. The van der Waals surface area contributed by atoms with E-state index in [1.54, 1.807) is 6.07 Å². The molecule has 0 aliphatic rings. The van der Waals surface area contributed by atoms with Crippen LogP contribution in [0, 0.1) is 0 Å². The van der Waals surface area contributed by atoms with Gasteiger partial charge in [-0.05, 0) is 42.9 Å². The lowest BCUT2D eigenvalue weighted by Crippen LogP contribution is -2.26. The van der Waals surface area contributed by atoms with Gasteiger partial charge in [-0.15, -0.1) is 0 Å². The van der Waals surface area contributed by atoms with E-state index in [1.807, 2.05) is 13.0 Å². The van der Waals surface area contributed by atoms with Crippen molar-refractivity contribution in [3.8, 4) is 5.75 Å². The van der Waals surface area contributed by atoms with Crippen molar-refractivity contribution in [3.05, 3.63) is 29.3 Å². The summed E-state index contributed by atoms with van der Waals surface area (Å²) in [5.41, 5.74) is 1.72. The fraction of sp³-hybridized carbons (Fsp3) is 0.667. The minimum absolute atomic E-state index is 0.0135. The van der Waals surface area contributed by atoms with Crippen LogP contribution in [0.25, 0.3) is 0 Å². The van der Waals surface area contributed by atoms with E-state index in [0.29, 0.717) is 12.0 Å². The van der Waals surface area contributed by atoms with Crippen molar-refractivity contribution in [2.24, 2.45) is 0 Å². The molecule has 25 heavy (non-hydrogen) atoms. The monoisotopic (exact) mass is 380 g/mol. The molecule has 0 saturated heterocycles. The average molecular weight is 380 g/mol. The summed E-state index contributed by atoms with van der Waals surface area (Å²) in [6.45, 7) is 4.16. The molecule has 0 aromatic heterocycles. The first kappa shape index (κ1) is 21.8. The van der Waals surface area contributed by atoms with Crippen LogP contribution < -0.4 is 4.18 Å². The minimum Gasteiger partial charge on any atom is -0.382 e. The Morgan fingerprint density at radius 1 is 0.960 bits per heavy atom. The summed E-state index contributed by atoms with van der Waals surface area (Å²) in [5, 5.41) is 0. The number of alkyl halides is 3. The summed E-state index contributed by atoms with van der Waals surface area (Å²) in [4.78, 5) is 0. The van der Waals surface area contributed by atoms with E-state index in [4.69, 9.17) is 4.18 Å². The van der Waals surface area contributed by atoms with Gasteiger partial charge in [0, 0.05) is 0 Å². The summed E-state index contributed by atoms with van der Waals surface area (Å²) in [5.74, 6) is -1.97. The van der Waals surface area contributed by atoms with Crippen LogP contribution in [-0.4, -0.2) is 20.3 Å². The highest BCUT2D eigenvalue weighted by Gasteiger charge is 2.36. The van der Waals surface area contributed by atoms with Gasteiger partial charge in [-0.25, -0.2) is 0 Å². The van der Waals surface area contributed by atoms with Gasteiger partial charge in [-0.2, -0.15) is 21.6 Å². The molecule has 0 fully saturated rings. The number of benzene rings is 1. The highest BCUT2D eigenvalue weighted by Crippen LogP contribution is 2.27. The van der Waals surface area contributed by atoms with Crippen molar-refractivity contribution >= 4 is 10.1 Å². The molecular weight excluding hydrogens is 353 g/mol. The second-order valence-corrected chi connectivity index (χ2v) is 7.83. The van der Waals surface area contributed by atoms with Crippen molar-refractivity contribution in [2.75, 3.05) is 5.75 Å². The molecule has 3 nitrogen and oxygen atoms in total.